The highest BCUT2D eigenvalue weighted by Gasteiger charge is 2.27. The number of nitrogens with two attached hydrogens (primary N) is 1. The maximum atomic E-state index is 11.5. The van der Waals surface area contributed by atoms with Gasteiger partial charge in [0, 0.05) is 18.9 Å². The molecule has 1 aromatic heterocycles. The highest BCUT2D eigenvalue weighted by molar-refractivity contribution is 5.85. The van der Waals surface area contributed by atoms with Crippen molar-refractivity contribution in [3.05, 3.63) is 54.1 Å². The first-order chi connectivity index (χ1) is 8.50. The van der Waals surface area contributed by atoms with Crippen molar-refractivity contribution in [1.82, 2.24) is 9.55 Å². The number of hydrogen-bond donors (Lipinski definition) is 1. The zero-order valence-electron chi connectivity index (χ0n) is 10.6. The van der Waals surface area contributed by atoms with Crippen LogP contribution in [0.25, 0.3) is 0 Å². The lowest BCUT2D eigenvalue weighted by Gasteiger charge is -2.21. The summed E-state index contributed by atoms with van der Waals surface area (Å²) in [5.41, 5.74) is 6.85. The molecule has 2 rings (SSSR count). The number of imidazole rings is 1. The Kier molecular flexibility index (Phi) is 3.19. The normalized spacial score (nSPS) is 11.4. The number of benzene rings is 1. The molecule has 4 heteroatoms. The predicted molar refractivity (Wildman–Crippen MR) is 70.0 cm³/mol. The number of primary amides is 1. The fourth-order valence-corrected chi connectivity index (χ4v) is 1.79. The Balaban J connectivity index is 2.28. The quantitative estimate of drug-likeness (QED) is 0.888. The van der Waals surface area contributed by atoms with Gasteiger partial charge in [-0.15, -0.1) is 0 Å². The number of amides is 1. The van der Waals surface area contributed by atoms with E-state index in [0.717, 1.165) is 17.7 Å². The van der Waals surface area contributed by atoms with E-state index < -0.39 is 5.41 Å². The third kappa shape index (κ3) is 2.42. The van der Waals surface area contributed by atoms with Crippen LogP contribution in [0.15, 0.2) is 43.0 Å². The second-order valence-corrected chi connectivity index (χ2v) is 4.92. The molecule has 4 nitrogen and oxygen atoms in total. The number of aromatic nitrogens is 2. The molecule has 0 atom stereocenters. The Morgan fingerprint density at radius 1 is 1.44 bits per heavy atom. The van der Waals surface area contributed by atoms with Crippen molar-refractivity contribution in [2.45, 2.75) is 25.8 Å². The van der Waals surface area contributed by atoms with Gasteiger partial charge in [-0.3, -0.25) is 4.79 Å². The molecule has 0 bridgehead atoms. The van der Waals surface area contributed by atoms with Crippen molar-refractivity contribution in [1.29, 1.82) is 0 Å². The van der Waals surface area contributed by atoms with E-state index in [9.17, 15) is 4.79 Å². The summed E-state index contributed by atoms with van der Waals surface area (Å²) in [4.78, 5) is 15.5. The molecule has 1 heterocycles. The Bertz CT molecular complexity index is 544. The average Bonchev–Trinajstić information content (AvgIpc) is 2.82. The van der Waals surface area contributed by atoms with Crippen molar-refractivity contribution in [2.75, 3.05) is 0 Å². The predicted octanol–water partition coefficient (Wildman–Crippen LogP) is 1.69. The van der Waals surface area contributed by atoms with E-state index in [-0.39, 0.29) is 5.91 Å². The topological polar surface area (TPSA) is 60.9 Å². The maximum Gasteiger partial charge on any atom is 0.227 e. The summed E-state index contributed by atoms with van der Waals surface area (Å²) in [5.74, 6) is -0.317. The third-order valence-electron chi connectivity index (χ3n) is 3.19. The van der Waals surface area contributed by atoms with Crippen LogP contribution in [-0.2, 0) is 16.8 Å². The minimum absolute atomic E-state index is 0.317. The summed E-state index contributed by atoms with van der Waals surface area (Å²) in [6.45, 7) is 4.42. The standard InChI is InChI=1S/C14H17N3O/c1-14(2,13(15)18)12-5-3-4-11(8-12)9-17-7-6-16-10-17/h3-8,10H,9H2,1-2H3,(H2,15,18). The molecule has 0 saturated carbocycles. The van der Waals surface area contributed by atoms with Crippen LogP contribution in [0.4, 0.5) is 0 Å². The van der Waals surface area contributed by atoms with Crippen LogP contribution in [0.3, 0.4) is 0 Å². The fourth-order valence-electron chi connectivity index (χ4n) is 1.79. The minimum atomic E-state index is -0.648. The Morgan fingerprint density at radius 3 is 2.83 bits per heavy atom. The lowest BCUT2D eigenvalue weighted by Crippen LogP contribution is -2.35. The molecule has 0 aliphatic rings. The van der Waals surface area contributed by atoms with Gasteiger partial charge >= 0.3 is 0 Å². The first-order valence-corrected chi connectivity index (χ1v) is 5.85. The van der Waals surface area contributed by atoms with Crippen molar-refractivity contribution in [3.63, 3.8) is 0 Å². The van der Waals surface area contributed by atoms with Gasteiger partial charge in [0.25, 0.3) is 0 Å². The number of hydrogen-bond acceptors (Lipinski definition) is 2. The summed E-state index contributed by atoms with van der Waals surface area (Å²) in [6.07, 6.45) is 5.43. The van der Waals surface area contributed by atoms with Crippen LogP contribution in [0, 0.1) is 0 Å². The molecule has 0 fully saturated rings. The van der Waals surface area contributed by atoms with Crippen molar-refractivity contribution < 1.29 is 4.79 Å². The number of carbonyl (C=O) groups excluding carboxylic acids is 1. The molecule has 18 heavy (non-hydrogen) atoms. The molecule has 0 aliphatic carbocycles. The van der Waals surface area contributed by atoms with Crippen LogP contribution in [-0.4, -0.2) is 15.5 Å². The van der Waals surface area contributed by atoms with E-state index in [2.05, 4.69) is 4.98 Å². The van der Waals surface area contributed by atoms with E-state index in [4.69, 9.17) is 5.73 Å². The lowest BCUT2D eigenvalue weighted by molar-refractivity contribution is -0.122. The molecule has 0 spiro atoms. The van der Waals surface area contributed by atoms with Gasteiger partial charge in [-0.25, -0.2) is 4.98 Å². The summed E-state index contributed by atoms with van der Waals surface area (Å²) in [7, 11) is 0. The maximum absolute atomic E-state index is 11.5. The molecule has 0 unspecified atom stereocenters. The largest absolute Gasteiger partial charge is 0.369 e. The minimum Gasteiger partial charge on any atom is -0.369 e. The lowest BCUT2D eigenvalue weighted by atomic mass is 9.83. The van der Waals surface area contributed by atoms with E-state index in [1.807, 2.05) is 48.9 Å². The monoisotopic (exact) mass is 243 g/mol. The summed E-state index contributed by atoms with van der Waals surface area (Å²) in [6, 6.07) is 7.93. The van der Waals surface area contributed by atoms with E-state index in [1.165, 1.54) is 0 Å². The van der Waals surface area contributed by atoms with E-state index in [0.29, 0.717) is 0 Å². The Labute approximate surface area is 106 Å². The highest BCUT2D eigenvalue weighted by atomic mass is 16.1. The highest BCUT2D eigenvalue weighted by Crippen LogP contribution is 2.23. The second-order valence-electron chi connectivity index (χ2n) is 4.92. The first-order valence-electron chi connectivity index (χ1n) is 5.85. The molecule has 94 valence electrons. The summed E-state index contributed by atoms with van der Waals surface area (Å²) < 4.78 is 1.98. The molecule has 1 amide bonds. The molecular weight excluding hydrogens is 226 g/mol. The zero-order chi connectivity index (χ0) is 13.2. The first kappa shape index (κ1) is 12.4. The van der Waals surface area contributed by atoms with Gasteiger partial charge in [0.05, 0.1) is 11.7 Å². The molecule has 0 aliphatic heterocycles. The van der Waals surface area contributed by atoms with E-state index in [1.54, 1.807) is 12.5 Å². The number of rotatable bonds is 4. The molecule has 1 aromatic carbocycles. The van der Waals surface area contributed by atoms with Crippen LogP contribution in [0.2, 0.25) is 0 Å². The average molecular weight is 243 g/mol. The second kappa shape index (κ2) is 4.64. The van der Waals surface area contributed by atoms with Gasteiger partial charge in [-0.05, 0) is 25.0 Å². The van der Waals surface area contributed by atoms with Crippen LogP contribution < -0.4 is 5.73 Å². The van der Waals surface area contributed by atoms with Crippen LogP contribution >= 0.6 is 0 Å². The number of carbonyl (C=O) groups is 1. The summed E-state index contributed by atoms with van der Waals surface area (Å²) in [5, 5.41) is 0. The zero-order valence-corrected chi connectivity index (χ0v) is 10.6. The molecule has 2 aromatic rings. The molecule has 2 N–H and O–H groups in total. The van der Waals surface area contributed by atoms with Crippen molar-refractivity contribution in [2.24, 2.45) is 5.73 Å². The Morgan fingerprint density at radius 2 is 2.22 bits per heavy atom. The van der Waals surface area contributed by atoms with Crippen LogP contribution in [0.1, 0.15) is 25.0 Å². The van der Waals surface area contributed by atoms with Gasteiger partial charge in [0.15, 0.2) is 0 Å². The molecule has 0 saturated heterocycles. The summed E-state index contributed by atoms with van der Waals surface area (Å²) >= 11 is 0. The van der Waals surface area contributed by atoms with Gasteiger partial charge in [-0.2, -0.15) is 0 Å². The van der Waals surface area contributed by atoms with Gasteiger partial charge in [0.1, 0.15) is 0 Å². The SMILES string of the molecule is CC(C)(C(N)=O)c1cccc(Cn2ccnc2)c1. The van der Waals surface area contributed by atoms with Crippen LogP contribution in [0.5, 0.6) is 0 Å². The van der Waals surface area contributed by atoms with E-state index >= 15 is 0 Å². The molecule has 0 radical (unpaired) electrons. The molecular formula is C14H17N3O. The Hall–Kier alpha value is -2.10. The number of nitrogens with zero attached hydrogens (tertiary/aromatic N) is 2. The van der Waals surface area contributed by atoms with Gasteiger partial charge in [-0.1, -0.05) is 24.3 Å². The third-order valence-corrected chi connectivity index (χ3v) is 3.19. The van der Waals surface area contributed by atoms with Crippen molar-refractivity contribution >= 4 is 5.91 Å². The smallest absolute Gasteiger partial charge is 0.227 e. The van der Waals surface area contributed by atoms with Crippen molar-refractivity contribution in [3.8, 4) is 0 Å². The van der Waals surface area contributed by atoms with Gasteiger partial charge in [0.2, 0.25) is 5.91 Å². The van der Waals surface area contributed by atoms with Gasteiger partial charge < -0.3 is 10.3 Å². The fraction of sp³-hybridized carbons (Fsp3) is 0.286.